The van der Waals surface area contributed by atoms with Crippen LogP contribution < -0.4 is 22.1 Å². The van der Waals surface area contributed by atoms with Gasteiger partial charge < -0.3 is 26.5 Å². The predicted octanol–water partition coefficient (Wildman–Crippen LogP) is 2.73. The van der Waals surface area contributed by atoms with Gasteiger partial charge in [-0.25, -0.2) is 9.37 Å². The molecule has 0 aliphatic rings. The Morgan fingerprint density at radius 2 is 2.07 bits per heavy atom. The Kier molecular flexibility index (Phi) is 5.20. The molecule has 3 aromatic rings. The van der Waals surface area contributed by atoms with Gasteiger partial charge in [0.2, 0.25) is 5.95 Å². The van der Waals surface area contributed by atoms with Crippen molar-refractivity contribution in [2.24, 2.45) is 0 Å². The molecule has 0 spiro atoms. The monoisotopic (exact) mass is 370 g/mol. The van der Waals surface area contributed by atoms with Crippen molar-refractivity contribution in [3.05, 3.63) is 47.7 Å². The Morgan fingerprint density at radius 1 is 1.26 bits per heavy atom. The number of aromatic nitrogens is 2. The molecule has 2 heterocycles. The van der Waals surface area contributed by atoms with E-state index in [0.717, 1.165) is 11.1 Å². The second-order valence-electron chi connectivity index (χ2n) is 5.85. The van der Waals surface area contributed by atoms with E-state index < -0.39 is 12.6 Å². The number of nitrogens with two attached hydrogens (primary N) is 2. The van der Waals surface area contributed by atoms with Crippen LogP contribution in [0.5, 0.6) is 0 Å². The zero-order chi connectivity index (χ0) is 19.4. The van der Waals surface area contributed by atoms with Crippen molar-refractivity contribution < 1.29 is 13.6 Å². The van der Waals surface area contributed by atoms with Crippen LogP contribution in [-0.4, -0.2) is 22.5 Å². The van der Waals surface area contributed by atoms with Crippen LogP contribution in [0.2, 0.25) is 0 Å². The highest BCUT2D eigenvalue weighted by atomic mass is 19.1. The zero-order valence-electron chi connectivity index (χ0n) is 14.6. The summed E-state index contributed by atoms with van der Waals surface area (Å²) in [5.41, 5.74) is 14.9. The first-order valence-corrected chi connectivity index (χ1v) is 8.14. The fourth-order valence-corrected chi connectivity index (χ4v) is 2.57. The van der Waals surface area contributed by atoms with Gasteiger partial charge in [-0.15, -0.1) is 0 Å². The molecule has 1 aromatic carbocycles. The lowest BCUT2D eigenvalue weighted by atomic mass is 10.1. The lowest BCUT2D eigenvalue weighted by Crippen LogP contribution is -2.14. The number of nitrogens with one attached hydrogen (secondary N) is 2. The molecule has 0 aliphatic heterocycles. The van der Waals surface area contributed by atoms with E-state index >= 15 is 0 Å². The smallest absolute Gasteiger partial charge is 0.255 e. The van der Waals surface area contributed by atoms with Crippen molar-refractivity contribution in [2.75, 3.05) is 28.8 Å². The molecule has 2 aromatic heterocycles. The number of hydrogen-bond donors (Lipinski definition) is 4. The first kappa shape index (κ1) is 18.2. The van der Waals surface area contributed by atoms with Crippen molar-refractivity contribution >= 4 is 29.0 Å². The summed E-state index contributed by atoms with van der Waals surface area (Å²) in [6.45, 7) is 1.18. The maximum absolute atomic E-state index is 12.3. The predicted molar refractivity (Wildman–Crippen MR) is 102 cm³/mol. The number of amides is 1. The quantitative estimate of drug-likeness (QED) is 0.524. The number of carbonyl (C=O) groups is 1. The first-order valence-electron chi connectivity index (χ1n) is 8.14. The Labute approximate surface area is 154 Å². The fraction of sp³-hybridized carbons (Fsp3) is 0.167. The molecule has 140 valence electrons. The highest BCUT2D eigenvalue weighted by Gasteiger charge is 2.14. The minimum Gasteiger partial charge on any atom is -0.463 e. The summed E-state index contributed by atoms with van der Waals surface area (Å²) in [5.74, 6) is 0.270. The molecule has 0 unspecified atom stereocenters. The SMILES string of the molecule is Cc1cc(CNc2nc(N)nc(-c3ccco3)c2N)ccc1NC(=O)CF. The van der Waals surface area contributed by atoms with Gasteiger partial charge in [-0.1, -0.05) is 12.1 Å². The third kappa shape index (κ3) is 4.14. The van der Waals surface area contributed by atoms with Gasteiger partial charge in [-0.3, -0.25) is 4.79 Å². The van der Waals surface area contributed by atoms with Gasteiger partial charge in [0.05, 0.1) is 6.26 Å². The highest BCUT2D eigenvalue weighted by molar-refractivity contribution is 5.92. The van der Waals surface area contributed by atoms with Crippen molar-refractivity contribution in [3.63, 3.8) is 0 Å². The number of aryl methyl sites for hydroxylation is 1. The molecule has 0 bridgehead atoms. The number of furan rings is 1. The standard InChI is InChI=1S/C18H19FN6O2/c1-10-7-11(4-5-12(10)23-14(26)8-19)9-22-17-15(20)16(24-18(21)25-17)13-3-2-6-27-13/h2-7H,8-9,20H2,1H3,(H,23,26)(H3,21,22,24,25). The van der Waals surface area contributed by atoms with Crippen LogP contribution in [0.3, 0.4) is 0 Å². The van der Waals surface area contributed by atoms with Gasteiger partial charge in [-0.05, 0) is 36.2 Å². The average Bonchev–Trinajstić information content (AvgIpc) is 3.18. The van der Waals surface area contributed by atoms with Crippen LogP contribution in [-0.2, 0) is 11.3 Å². The summed E-state index contributed by atoms with van der Waals surface area (Å²) in [5, 5.41) is 5.62. The van der Waals surface area contributed by atoms with E-state index in [4.69, 9.17) is 15.9 Å². The Balaban J connectivity index is 1.77. The molecule has 9 heteroatoms. The summed E-state index contributed by atoms with van der Waals surface area (Å²) in [4.78, 5) is 19.5. The average molecular weight is 370 g/mol. The molecule has 0 aliphatic carbocycles. The maximum atomic E-state index is 12.3. The summed E-state index contributed by atoms with van der Waals surface area (Å²) in [6.07, 6.45) is 1.52. The topological polar surface area (TPSA) is 132 Å². The second kappa shape index (κ2) is 7.73. The van der Waals surface area contributed by atoms with Crippen LogP contribution in [0.25, 0.3) is 11.5 Å². The highest BCUT2D eigenvalue weighted by Crippen LogP contribution is 2.30. The Bertz CT molecular complexity index is 959. The van der Waals surface area contributed by atoms with E-state index in [1.54, 1.807) is 18.2 Å². The Hall–Kier alpha value is -3.62. The molecule has 27 heavy (non-hydrogen) atoms. The molecular formula is C18H19FN6O2. The number of alkyl halides is 1. The third-order valence-corrected chi connectivity index (χ3v) is 3.86. The normalized spacial score (nSPS) is 10.6. The second-order valence-corrected chi connectivity index (χ2v) is 5.85. The molecule has 1 amide bonds. The summed E-state index contributed by atoms with van der Waals surface area (Å²) >= 11 is 0. The molecule has 8 nitrogen and oxygen atoms in total. The van der Waals surface area contributed by atoms with Crippen LogP contribution in [0, 0.1) is 6.92 Å². The van der Waals surface area contributed by atoms with Crippen molar-refractivity contribution in [2.45, 2.75) is 13.5 Å². The lowest BCUT2D eigenvalue weighted by molar-refractivity contribution is -0.117. The van der Waals surface area contributed by atoms with Gasteiger partial charge in [-0.2, -0.15) is 4.98 Å². The first-order chi connectivity index (χ1) is 13.0. The number of carbonyl (C=O) groups excluding carboxylic acids is 1. The van der Waals surface area contributed by atoms with E-state index in [9.17, 15) is 9.18 Å². The van der Waals surface area contributed by atoms with Crippen molar-refractivity contribution in [3.8, 4) is 11.5 Å². The van der Waals surface area contributed by atoms with E-state index in [-0.39, 0.29) is 5.95 Å². The molecule has 6 N–H and O–H groups in total. The van der Waals surface area contributed by atoms with E-state index in [0.29, 0.717) is 35.2 Å². The Morgan fingerprint density at radius 3 is 2.74 bits per heavy atom. The summed E-state index contributed by atoms with van der Waals surface area (Å²) < 4.78 is 17.7. The van der Waals surface area contributed by atoms with Crippen molar-refractivity contribution in [1.29, 1.82) is 0 Å². The number of hydrogen-bond acceptors (Lipinski definition) is 7. The minimum atomic E-state index is -1.06. The van der Waals surface area contributed by atoms with Crippen molar-refractivity contribution in [1.82, 2.24) is 9.97 Å². The summed E-state index contributed by atoms with van der Waals surface area (Å²) in [6, 6.07) is 8.85. The van der Waals surface area contributed by atoms with Gasteiger partial charge in [0.1, 0.15) is 11.4 Å². The van der Waals surface area contributed by atoms with Crippen LogP contribution >= 0.6 is 0 Å². The molecule has 0 radical (unpaired) electrons. The fourth-order valence-electron chi connectivity index (χ4n) is 2.57. The number of nitrogens with zero attached hydrogens (tertiary/aromatic N) is 2. The van der Waals surface area contributed by atoms with Crippen LogP contribution in [0.4, 0.5) is 27.5 Å². The number of rotatable bonds is 6. The largest absolute Gasteiger partial charge is 0.463 e. The third-order valence-electron chi connectivity index (χ3n) is 3.86. The molecule has 0 atom stereocenters. The number of nitrogen functional groups attached to an aromatic ring is 2. The van der Waals surface area contributed by atoms with Crippen LogP contribution in [0.15, 0.2) is 41.0 Å². The summed E-state index contributed by atoms with van der Waals surface area (Å²) in [7, 11) is 0. The molecule has 0 fully saturated rings. The van der Waals surface area contributed by atoms with E-state index in [1.165, 1.54) is 6.26 Å². The number of anilines is 4. The van der Waals surface area contributed by atoms with E-state index in [1.807, 2.05) is 19.1 Å². The van der Waals surface area contributed by atoms with Gasteiger partial charge in [0.15, 0.2) is 18.3 Å². The molecule has 0 saturated heterocycles. The maximum Gasteiger partial charge on any atom is 0.255 e. The lowest BCUT2D eigenvalue weighted by Gasteiger charge is -2.13. The number of halogens is 1. The van der Waals surface area contributed by atoms with Gasteiger partial charge in [0.25, 0.3) is 5.91 Å². The molecule has 0 saturated carbocycles. The van der Waals surface area contributed by atoms with Gasteiger partial charge in [0, 0.05) is 12.2 Å². The van der Waals surface area contributed by atoms with Gasteiger partial charge >= 0.3 is 0 Å². The molecule has 3 rings (SSSR count). The minimum absolute atomic E-state index is 0.0681. The van der Waals surface area contributed by atoms with E-state index in [2.05, 4.69) is 20.6 Å². The number of benzene rings is 1. The van der Waals surface area contributed by atoms with Crippen LogP contribution in [0.1, 0.15) is 11.1 Å². The zero-order valence-corrected chi connectivity index (χ0v) is 14.6. The molecular weight excluding hydrogens is 351 g/mol.